The number of pyridine rings is 1. The number of rotatable bonds is 5. The molecule has 2 aromatic heterocycles. The largest absolute Gasteiger partial charge is 0.378 e. The maximum Gasteiger partial charge on any atom is 0.262 e. The van der Waals surface area contributed by atoms with Gasteiger partial charge in [0, 0.05) is 25.2 Å². The van der Waals surface area contributed by atoms with Gasteiger partial charge in [-0.15, -0.1) is 6.58 Å². The zero-order valence-electron chi connectivity index (χ0n) is 16.3. The third-order valence-corrected chi connectivity index (χ3v) is 5.24. The number of aromatic amines is 1. The van der Waals surface area contributed by atoms with Crippen LogP contribution in [0.25, 0.3) is 10.9 Å². The van der Waals surface area contributed by atoms with Crippen LogP contribution >= 0.6 is 12.2 Å². The van der Waals surface area contributed by atoms with Crippen molar-refractivity contribution in [1.29, 1.82) is 0 Å². The van der Waals surface area contributed by atoms with E-state index in [-0.39, 0.29) is 16.2 Å². The minimum absolute atomic E-state index is 0.221. The quantitative estimate of drug-likeness (QED) is 0.484. The molecule has 0 bridgehead atoms. The number of benzene rings is 1. The minimum atomic E-state index is -0.321. The number of H-pyrrole nitrogens is 1. The first-order chi connectivity index (χ1) is 14.6. The summed E-state index contributed by atoms with van der Waals surface area (Å²) in [6.45, 7) is 6.99. The Morgan fingerprint density at radius 3 is 2.80 bits per heavy atom. The predicted octanol–water partition coefficient (Wildman–Crippen LogP) is 2.73. The van der Waals surface area contributed by atoms with Gasteiger partial charge in [0.05, 0.1) is 36.0 Å². The van der Waals surface area contributed by atoms with Crippen molar-refractivity contribution in [3.63, 3.8) is 0 Å². The maximum absolute atomic E-state index is 12.7. The van der Waals surface area contributed by atoms with Crippen molar-refractivity contribution in [1.82, 2.24) is 14.5 Å². The van der Waals surface area contributed by atoms with Crippen molar-refractivity contribution < 1.29 is 9.53 Å². The lowest BCUT2D eigenvalue weighted by Crippen LogP contribution is -2.36. The fraction of sp³-hybridized carbons (Fsp3) is 0.238. The Balaban J connectivity index is 1.54. The Morgan fingerprint density at radius 1 is 1.30 bits per heavy atom. The molecule has 1 aliphatic heterocycles. The van der Waals surface area contributed by atoms with Gasteiger partial charge in [-0.25, -0.2) is 4.98 Å². The number of nitrogens with zero attached hydrogens (tertiary/aromatic N) is 3. The number of fused-ring (bicyclic) bond motifs is 1. The third kappa shape index (κ3) is 4.03. The number of ether oxygens (including phenoxy) is 1. The molecule has 1 aliphatic rings. The summed E-state index contributed by atoms with van der Waals surface area (Å²) in [6.07, 6.45) is 3.34. The number of aromatic nitrogens is 3. The predicted molar refractivity (Wildman–Crippen MR) is 119 cm³/mol. The molecule has 9 heteroatoms. The van der Waals surface area contributed by atoms with E-state index in [0.29, 0.717) is 42.0 Å². The molecule has 4 rings (SSSR count). The van der Waals surface area contributed by atoms with Crippen LogP contribution in [0.5, 0.6) is 0 Å². The van der Waals surface area contributed by atoms with Gasteiger partial charge >= 0.3 is 0 Å². The Labute approximate surface area is 177 Å². The highest BCUT2D eigenvalue weighted by atomic mass is 32.1. The first-order valence-corrected chi connectivity index (χ1v) is 9.95. The van der Waals surface area contributed by atoms with Gasteiger partial charge < -0.3 is 19.9 Å². The molecule has 0 unspecified atom stereocenters. The molecule has 2 N–H and O–H groups in total. The van der Waals surface area contributed by atoms with E-state index in [2.05, 4.69) is 26.8 Å². The van der Waals surface area contributed by atoms with Crippen LogP contribution in [-0.4, -0.2) is 46.7 Å². The molecule has 0 aliphatic carbocycles. The standard InChI is InChI=1S/C21H21N5O3S/c1-2-7-26-20(28)16-5-3-14(12-17(16)23-21(26)30)19(27)24-18-6-4-15(13-22-18)25-8-10-29-11-9-25/h2-6,12-13H,1,7-11H2,(H,23,30)(H,22,24,27). The number of morpholine rings is 1. The van der Waals surface area contributed by atoms with Gasteiger partial charge in [0.25, 0.3) is 11.5 Å². The Kier molecular flexibility index (Phi) is 5.73. The number of allylic oxidation sites excluding steroid dienone is 1. The first kappa shape index (κ1) is 20.0. The topological polar surface area (TPSA) is 92.2 Å². The molecule has 0 radical (unpaired) electrons. The van der Waals surface area contributed by atoms with Crippen molar-refractivity contribution in [2.75, 3.05) is 36.5 Å². The number of anilines is 2. The minimum Gasteiger partial charge on any atom is -0.378 e. The fourth-order valence-electron chi connectivity index (χ4n) is 3.35. The Bertz CT molecular complexity index is 1210. The van der Waals surface area contributed by atoms with Crippen LogP contribution in [0.1, 0.15) is 10.4 Å². The molecule has 1 saturated heterocycles. The third-order valence-electron chi connectivity index (χ3n) is 4.92. The highest BCUT2D eigenvalue weighted by molar-refractivity contribution is 7.71. The van der Waals surface area contributed by atoms with Crippen LogP contribution in [0, 0.1) is 4.77 Å². The van der Waals surface area contributed by atoms with Crippen molar-refractivity contribution >= 4 is 40.5 Å². The van der Waals surface area contributed by atoms with E-state index < -0.39 is 0 Å². The van der Waals surface area contributed by atoms with E-state index in [1.165, 1.54) is 4.57 Å². The van der Waals surface area contributed by atoms with Gasteiger partial charge in [-0.2, -0.15) is 0 Å². The Morgan fingerprint density at radius 2 is 2.10 bits per heavy atom. The lowest BCUT2D eigenvalue weighted by Gasteiger charge is -2.28. The van der Waals surface area contributed by atoms with E-state index in [1.807, 2.05) is 6.07 Å². The number of hydrogen-bond donors (Lipinski definition) is 2. The molecule has 3 aromatic rings. The van der Waals surface area contributed by atoms with Crippen LogP contribution < -0.4 is 15.8 Å². The van der Waals surface area contributed by atoms with E-state index in [0.717, 1.165) is 18.8 Å². The van der Waals surface area contributed by atoms with Gasteiger partial charge in [-0.05, 0) is 42.5 Å². The summed E-state index contributed by atoms with van der Waals surface area (Å²) in [5, 5.41) is 3.24. The average molecular weight is 423 g/mol. The van der Waals surface area contributed by atoms with Crippen molar-refractivity contribution in [3.05, 3.63) is 69.9 Å². The molecule has 0 saturated carbocycles. The normalized spacial score (nSPS) is 13.9. The second-order valence-electron chi connectivity index (χ2n) is 6.85. The smallest absolute Gasteiger partial charge is 0.262 e. The van der Waals surface area contributed by atoms with Crippen LogP contribution in [0.3, 0.4) is 0 Å². The summed E-state index contributed by atoms with van der Waals surface area (Å²) in [6, 6.07) is 8.53. The Hall–Kier alpha value is -3.30. The summed E-state index contributed by atoms with van der Waals surface area (Å²) in [5.74, 6) is 0.129. The number of amides is 1. The number of carbonyl (C=O) groups excluding carboxylic acids is 1. The van der Waals surface area contributed by atoms with Gasteiger partial charge in [0.15, 0.2) is 4.77 Å². The summed E-state index contributed by atoms with van der Waals surface area (Å²) in [4.78, 5) is 34.8. The number of hydrogen-bond acceptors (Lipinski definition) is 6. The lowest BCUT2D eigenvalue weighted by atomic mass is 10.1. The zero-order chi connectivity index (χ0) is 21.1. The second-order valence-corrected chi connectivity index (χ2v) is 7.24. The van der Waals surface area contributed by atoms with Gasteiger partial charge in [-0.3, -0.25) is 14.2 Å². The molecule has 0 atom stereocenters. The molecule has 0 spiro atoms. The average Bonchev–Trinajstić information content (AvgIpc) is 2.77. The highest BCUT2D eigenvalue weighted by Crippen LogP contribution is 2.17. The molecule has 1 fully saturated rings. The lowest BCUT2D eigenvalue weighted by molar-refractivity contribution is 0.102. The number of nitrogens with one attached hydrogen (secondary N) is 2. The first-order valence-electron chi connectivity index (χ1n) is 9.54. The molecule has 3 heterocycles. The van der Waals surface area contributed by atoms with Gasteiger partial charge in [0.2, 0.25) is 0 Å². The zero-order valence-corrected chi connectivity index (χ0v) is 17.1. The summed E-state index contributed by atoms with van der Waals surface area (Å²) in [5.41, 5.74) is 1.67. The van der Waals surface area contributed by atoms with Crippen LogP contribution in [0.2, 0.25) is 0 Å². The fourth-order valence-corrected chi connectivity index (χ4v) is 3.62. The summed E-state index contributed by atoms with van der Waals surface area (Å²) in [7, 11) is 0. The van der Waals surface area contributed by atoms with Gasteiger partial charge in [0.1, 0.15) is 5.82 Å². The van der Waals surface area contributed by atoms with E-state index in [1.54, 1.807) is 36.5 Å². The molecule has 30 heavy (non-hydrogen) atoms. The maximum atomic E-state index is 12.7. The van der Waals surface area contributed by atoms with Gasteiger partial charge in [-0.1, -0.05) is 6.08 Å². The van der Waals surface area contributed by atoms with Crippen molar-refractivity contribution in [2.24, 2.45) is 0 Å². The monoisotopic (exact) mass is 423 g/mol. The van der Waals surface area contributed by atoms with E-state index in [4.69, 9.17) is 17.0 Å². The van der Waals surface area contributed by atoms with E-state index >= 15 is 0 Å². The molecule has 8 nitrogen and oxygen atoms in total. The molecular weight excluding hydrogens is 402 g/mol. The number of carbonyl (C=O) groups is 1. The SMILES string of the molecule is C=CCn1c(=S)[nH]c2cc(C(=O)Nc3ccc(N4CCOCC4)cn3)ccc2c1=O. The highest BCUT2D eigenvalue weighted by Gasteiger charge is 2.13. The van der Waals surface area contributed by atoms with E-state index in [9.17, 15) is 9.59 Å². The molecule has 154 valence electrons. The molecular formula is C21H21N5O3S. The van der Waals surface area contributed by atoms with Crippen molar-refractivity contribution in [2.45, 2.75) is 6.54 Å². The summed E-state index contributed by atoms with van der Waals surface area (Å²) < 4.78 is 7.06. The second kappa shape index (κ2) is 8.60. The van der Waals surface area contributed by atoms with Crippen LogP contribution in [0.4, 0.5) is 11.5 Å². The van der Waals surface area contributed by atoms with Crippen LogP contribution in [0.15, 0.2) is 54.0 Å². The molecule has 1 aromatic carbocycles. The summed E-state index contributed by atoms with van der Waals surface area (Å²) >= 11 is 5.25. The molecule has 1 amide bonds. The van der Waals surface area contributed by atoms with Crippen molar-refractivity contribution in [3.8, 4) is 0 Å². The van der Waals surface area contributed by atoms with Crippen LogP contribution in [-0.2, 0) is 11.3 Å².